The summed E-state index contributed by atoms with van der Waals surface area (Å²) >= 11 is 5.90. The molecule has 0 spiro atoms. The number of aromatic nitrogens is 4. The van der Waals surface area contributed by atoms with E-state index < -0.39 is 5.69 Å². The van der Waals surface area contributed by atoms with Crippen molar-refractivity contribution >= 4 is 28.8 Å². The van der Waals surface area contributed by atoms with Crippen LogP contribution < -0.4 is 11.0 Å². The first-order valence-electron chi connectivity index (χ1n) is 8.18. The van der Waals surface area contributed by atoms with Gasteiger partial charge in [-0.25, -0.2) is 9.48 Å². The largest absolute Gasteiger partial charge is 0.367 e. The van der Waals surface area contributed by atoms with Gasteiger partial charge in [-0.1, -0.05) is 48.0 Å². The molecule has 0 saturated heterocycles. The number of hydrogen-bond acceptors (Lipinski definition) is 4. The number of rotatable bonds is 4. The van der Waals surface area contributed by atoms with Crippen molar-refractivity contribution in [3.05, 3.63) is 82.2 Å². The quantitative estimate of drug-likeness (QED) is 0.591. The molecule has 7 nitrogen and oxygen atoms in total. The van der Waals surface area contributed by atoms with Gasteiger partial charge in [0, 0.05) is 16.3 Å². The molecule has 0 unspecified atom stereocenters. The number of carbonyl (C=O) groups excluding carboxylic acids is 1. The average molecular weight is 380 g/mol. The van der Waals surface area contributed by atoms with Crippen LogP contribution >= 0.6 is 11.6 Å². The van der Waals surface area contributed by atoms with Crippen molar-refractivity contribution in [2.45, 2.75) is 6.54 Å². The normalized spacial score (nSPS) is 10.9. The molecule has 0 bridgehead atoms. The Kier molecular flexibility index (Phi) is 4.43. The van der Waals surface area contributed by atoms with E-state index in [1.807, 2.05) is 30.3 Å². The van der Waals surface area contributed by atoms with Gasteiger partial charge < -0.3 is 5.32 Å². The number of nitrogens with zero attached hydrogens (tertiary/aromatic N) is 4. The number of amides is 1. The van der Waals surface area contributed by atoms with Crippen molar-refractivity contribution in [1.29, 1.82) is 0 Å². The Morgan fingerprint density at radius 1 is 1.00 bits per heavy atom. The van der Waals surface area contributed by atoms with Gasteiger partial charge in [-0.05, 0) is 30.3 Å². The monoisotopic (exact) mass is 379 g/mol. The van der Waals surface area contributed by atoms with Gasteiger partial charge in [0.15, 0.2) is 5.65 Å². The number of halogens is 1. The molecule has 8 heteroatoms. The van der Waals surface area contributed by atoms with Crippen molar-refractivity contribution in [2.24, 2.45) is 0 Å². The van der Waals surface area contributed by atoms with E-state index in [2.05, 4.69) is 15.5 Å². The predicted molar refractivity (Wildman–Crippen MR) is 103 cm³/mol. The molecular formula is C19H14ClN5O2. The fourth-order valence-corrected chi connectivity index (χ4v) is 2.87. The lowest BCUT2D eigenvalue weighted by molar-refractivity contribution is -0.117. The summed E-state index contributed by atoms with van der Waals surface area (Å²) in [6.07, 6.45) is 0. The first-order valence-corrected chi connectivity index (χ1v) is 8.56. The fourth-order valence-electron chi connectivity index (χ4n) is 2.68. The number of carbonyl (C=O) groups is 1. The summed E-state index contributed by atoms with van der Waals surface area (Å²) < 4.78 is 2.27. The van der Waals surface area contributed by atoms with E-state index in [-0.39, 0.29) is 12.5 Å². The minimum Gasteiger partial charge on any atom is -0.324 e. The minimum atomic E-state index is -0.482. The van der Waals surface area contributed by atoms with Crippen molar-refractivity contribution in [3.63, 3.8) is 0 Å². The molecule has 2 aromatic carbocycles. The van der Waals surface area contributed by atoms with Gasteiger partial charge in [0.05, 0.1) is 5.69 Å². The van der Waals surface area contributed by atoms with Crippen molar-refractivity contribution in [3.8, 4) is 11.3 Å². The van der Waals surface area contributed by atoms with E-state index >= 15 is 0 Å². The molecule has 2 heterocycles. The Balaban J connectivity index is 1.60. The van der Waals surface area contributed by atoms with E-state index in [4.69, 9.17) is 11.6 Å². The number of hydrogen-bond donors (Lipinski definition) is 1. The summed E-state index contributed by atoms with van der Waals surface area (Å²) in [6.45, 7) is -0.227. The molecule has 0 aliphatic heterocycles. The third-order valence-corrected chi connectivity index (χ3v) is 4.15. The zero-order chi connectivity index (χ0) is 18.8. The Morgan fingerprint density at radius 2 is 1.81 bits per heavy atom. The molecule has 0 fully saturated rings. The molecule has 1 N–H and O–H groups in total. The Labute approximate surface area is 158 Å². The van der Waals surface area contributed by atoms with Gasteiger partial charge in [0.25, 0.3) is 0 Å². The highest BCUT2D eigenvalue weighted by Gasteiger charge is 2.13. The lowest BCUT2D eigenvalue weighted by Crippen LogP contribution is -2.28. The lowest BCUT2D eigenvalue weighted by atomic mass is 10.1. The molecule has 2 aromatic heterocycles. The summed E-state index contributed by atoms with van der Waals surface area (Å²) in [4.78, 5) is 24.8. The van der Waals surface area contributed by atoms with Gasteiger partial charge >= 0.3 is 5.69 Å². The molecule has 0 saturated carbocycles. The molecule has 0 radical (unpaired) electrons. The zero-order valence-electron chi connectivity index (χ0n) is 14.0. The van der Waals surface area contributed by atoms with E-state index in [0.29, 0.717) is 22.1 Å². The van der Waals surface area contributed by atoms with Crippen LogP contribution in [0.15, 0.2) is 71.5 Å². The van der Waals surface area contributed by atoms with Gasteiger partial charge in [0.1, 0.15) is 6.54 Å². The molecule has 27 heavy (non-hydrogen) atoms. The Morgan fingerprint density at radius 3 is 2.59 bits per heavy atom. The molecular weight excluding hydrogens is 366 g/mol. The highest BCUT2D eigenvalue weighted by atomic mass is 35.5. The minimum absolute atomic E-state index is 0.227. The van der Waals surface area contributed by atoms with Crippen molar-refractivity contribution < 1.29 is 4.79 Å². The smallest absolute Gasteiger partial charge is 0.324 e. The van der Waals surface area contributed by atoms with Crippen molar-refractivity contribution in [2.75, 3.05) is 5.32 Å². The van der Waals surface area contributed by atoms with E-state index in [9.17, 15) is 9.59 Å². The van der Waals surface area contributed by atoms with Gasteiger partial charge in [-0.15, -0.1) is 5.10 Å². The molecule has 0 aliphatic carbocycles. The standard InChI is InChI=1S/C19H14ClN5O2/c20-14-7-4-8-15(11-14)21-18(26)12-24-19(27)25-17(23-24)10-9-16(22-25)13-5-2-1-3-6-13/h1-11H,12H2,(H,21,26). The third kappa shape index (κ3) is 3.58. The van der Waals surface area contributed by atoms with Crippen LogP contribution in [0.5, 0.6) is 0 Å². The molecule has 4 rings (SSSR count). The maximum atomic E-state index is 12.6. The van der Waals surface area contributed by atoms with Gasteiger partial charge in [0.2, 0.25) is 5.91 Å². The summed E-state index contributed by atoms with van der Waals surface area (Å²) in [7, 11) is 0. The zero-order valence-corrected chi connectivity index (χ0v) is 14.8. The van der Waals surface area contributed by atoms with Crippen LogP contribution in [0.3, 0.4) is 0 Å². The summed E-state index contributed by atoms with van der Waals surface area (Å²) in [5.41, 5.74) is 1.97. The SMILES string of the molecule is O=C(Cn1nc2ccc(-c3ccccc3)nn2c1=O)Nc1cccc(Cl)c1. The molecule has 0 atom stereocenters. The second kappa shape index (κ2) is 7.05. The van der Waals surface area contributed by atoms with E-state index in [0.717, 1.165) is 10.2 Å². The number of nitrogens with one attached hydrogen (secondary N) is 1. The summed E-state index contributed by atoms with van der Waals surface area (Å²) in [5, 5.41) is 11.7. The number of benzene rings is 2. The second-order valence-corrected chi connectivity index (χ2v) is 6.29. The van der Waals surface area contributed by atoms with Crippen LogP contribution in [0.25, 0.3) is 16.9 Å². The van der Waals surface area contributed by atoms with Gasteiger partial charge in [-0.2, -0.15) is 9.61 Å². The van der Waals surface area contributed by atoms with Crippen LogP contribution in [-0.4, -0.2) is 25.3 Å². The highest BCUT2D eigenvalue weighted by Crippen LogP contribution is 2.16. The van der Waals surface area contributed by atoms with Crippen LogP contribution in [0.2, 0.25) is 5.02 Å². The van der Waals surface area contributed by atoms with Crippen LogP contribution in [0, 0.1) is 0 Å². The van der Waals surface area contributed by atoms with E-state index in [1.54, 1.807) is 36.4 Å². The fraction of sp³-hybridized carbons (Fsp3) is 0.0526. The van der Waals surface area contributed by atoms with Crippen molar-refractivity contribution in [1.82, 2.24) is 19.4 Å². The molecule has 134 valence electrons. The lowest BCUT2D eigenvalue weighted by Gasteiger charge is -2.04. The van der Waals surface area contributed by atoms with Crippen LogP contribution in [0.4, 0.5) is 5.69 Å². The maximum absolute atomic E-state index is 12.6. The number of anilines is 1. The summed E-state index contributed by atoms with van der Waals surface area (Å²) in [5.74, 6) is -0.383. The Hall–Kier alpha value is -3.45. The molecule has 4 aromatic rings. The maximum Gasteiger partial charge on any atom is 0.367 e. The molecule has 0 aliphatic rings. The van der Waals surface area contributed by atoms with Gasteiger partial charge in [-0.3, -0.25) is 4.79 Å². The second-order valence-electron chi connectivity index (χ2n) is 5.85. The van der Waals surface area contributed by atoms with Crippen LogP contribution in [-0.2, 0) is 11.3 Å². The predicted octanol–water partition coefficient (Wildman–Crippen LogP) is 2.85. The number of fused-ring (bicyclic) bond motifs is 1. The highest BCUT2D eigenvalue weighted by molar-refractivity contribution is 6.30. The topological polar surface area (TPSA) is 81.3 Å². The first-order chi connectivity index (χ1) is 13.1. The third-order valence-electron chi connectivity index (χ3n) is 3.91. The molecule has 1 amide bonds. The summed E-state index contributed by atoms with van der Waals surface area (Å²) in [6, 6.07) is 19.8. The average Bonchev–Trinajstić information content (AvgIpc) is 2.97. The van der Waals surface area contributed by atoms with Crippen LogP contribution in [0.1, 0.15) is 0 Å². The Bertz CT molecular complexity index is 1180. The first kappa shape index (κ1) is 17.0. The van der Waals surface area contributed by atoms with E-state index in [1.165, 1.54) is 4.52 Å².